The Morgan fingerprint density at radius 1 is 1.11 bits per heavy atom. The van der Waals surface area contributed by atoms with Crippen LogP contribution in [0.15, 0.2) is 5.18 Å². The summed E-state index contributed by atoms with van der Waals surface area (Å²) < 4.78 is 0. The zero-order chi connectivity index (χ0) is 19.9. The third-order valence-electron chi connectivity index (χ3n) is 5.38. The van der Waals surface area contributed by atoms with Crippen molar-refractivity contribution in [3.05, 3.63) is 4.91 Å². The Kier molecular flexibility index (Phi) is 13.4. The Bertz CT molecular complexity index is 423. The van der Waals surface area contributed by atoms with Gasteiger partial charge in [0.1, 0.15) is 6.29 Å². The maximum absolute atomic E-state index is 11.7. The molecule has 0 radical (unpaired) electrons. The van der Waals surface area contributed by atoms with Crippen LogP contribution in [0.4, 0.5) is 0 Å². The molecule has 0 spiro atoms. The molecule has 1 amide bonds. The van der Waals surface area contributed by atoms with Crippen LogP contribution in [0, 0.1) is 16.7 Å². The van der Waals surface area contributed by atoms with Gasteiger partial charge in [0.05, 0.1) is 12.3 Å². The largest absolute Gasteiger partial charge is 0.396 e. The van der Waals surface area contributed by atoms with Crippen molar-refractivity contribution in [1.82, 2.24) is 9.80 Å². The minimum absolute atomic E-state index is 0.134. The fourth-order valence-corrected chi connectivity index (χ4v) is 4.10. The Balaban J connectivity index is 0.000000289. The van der Waals surface area contributed by atoms with Crippen LogP contribution in [0.3, 0.4) is 0 Å². The molecule has 0 aliphatic carbocycles. The number of carbonyl (C=O) groups is 2. The van der Waals surface area contributed by atoms with Crippen molar-refractivity contribution in [1.29, 1.82) is 0 Å². The van der Waals surface area contributed by atoms with Crippen LogP contribution in [0.25, 0.3) is 0 Å². The first-order chi connectivity index (χ1) is 13.1. The molecular weight excluding hydrogens is 366 g/mol. The number of aliphatic hydroxyl groups is 1. The number of hydrogen-bond acceptors (Lipinski definition) is 7. The van der Waals surface area contributed by atoms with Gasteiger partial charge in [-0.05, 0) is 70.5 Å². The van der Waals surface area contributed by atoms with Gasteiger partial charge in [-0.25, -0.2) is 0 Å². The van der Waals surface area contributed by atoms with Gasteiger partial charge < -0.3 is 19.7 Å². The lowest BCUT2D eigenvalue weighted by atomic mass is 9.94. The van der Waals surface area contributed by atoms with Gasteiger partial charge in [0, 0.05) is 25.4 Å². The maximum atomic E-state index is 11.7. The van der Waals surface area contributed by atoms with E-state index in [0.29, 0.717) is 24.0 Å². The van der Waals surface area contributed by atoms with Gasteiger partial charge in [0.2, 0.25) is 5.91 Å². The molecule has 0 aromatic carbocycles. The normalized spacial score (nSPS) is 19.3. The zero-order valence-electron chi connectivity index (χ0n) is 16.6. The molecule has 1 N–H and O–H groups in total. The van der Waals surface area contributed by atoms with Gasteiger partial charge in [-0.2, -0.15) is 4.91 Å². The van der Waals surface area contributed by atoms with E-state index in [1.165, 1.54) is 37.7 Å². The summed E-state index contributed by atoms with van der Waals surface area (Å²) in [6, 6.07) is 0. The lowest BCUT2D eigenvalue weighted by Crippen LogP contribution is -2.39. The molecule has 2 heterocycles. The number of aldehydes is 1. The Morgan fingerprint density at radius 2 is 1.70 bits per heavy atom. The van der Waals surface area contributed by atoms with E-state index < -0.39 is 0 Å². The summed E-state index contributed by atoms with van der Waals surface area (Å²) in [7, 11) is 2.15. The molecule has 0 aromatic heterocycles. The summed E-state index contributed by atoms with van der Waals surface area (Å²) in [5, 5.41) is 11.7. The maximum Gasteiger partial charge on any atom is 0.232 e. The average molecular weight is 402 g/mol. The summed E-state index contributed by atoms with van der Waals surface area (Å²) in [6.07, 6.45) is 7.14. The van der Waals surface area contributed by atoms with Gasteiger partial charge in [-0.1, -0.05) is 5.18 Å². The predicted molar refractivity (Wildman–Crippen MR) is 110 cm³/mol. The fourth-order valence-electron chi connectivity index (χ4n) is 3.53. The van der Waals surface area contributed by atoms with Crippen molar-refractivity contribution in [3.8, 4) is 0 Å². The zero-order valence-corrected chi connectivity index (χ0v) is 17.4. The second kappa shape index (κ2) is 15.0. The van der Waals surface area contributed by atoms with E-state index in [2.05, 4.69) is 17.1 Å². The van der Waals surface area contributed by atoms with Gasteiger partial charge in [0.25, 0.3) is 0 Å². The first kappa shape index (κ1) is 24.0. The van der Waals surface area contributed by atoms with Crippen LogP contribution in [0.2, 0.25) is 0 Å². The SMILES string of the molecule is CN1CCC(CCN=O)CC1.O=CCSCC(=O)N1CCC(CCO)CC1. The summed E-state index contributed by atoms with van der Waals surface area (Å²) in [6.45, 7) is 4.71. The van der Waals surface area contributed by atoms with E-state index >= 15 is 0 Å². The molecule has 2 saturated heterocycles. The van der Waals surface area contributed by atoms with Gasteiger partial charge in [-0.15, -0.1) is 11.8 Å². The molecular formula is C19H35N3O4S. The number of hydrogen-bond donors (Lipinski definition) is 1. The Labute approximate surface area is 167 Å². The van der Waals surface area contributed by atoms with E-state index in [0.717, 1.165) is 51.0 Å². The number of rotatable bonds is 9. The molecule has 7 nitrogen and oxygen atoms in total. The molecule has 0 atom stereocenters. The number of thioether (sulfide) groups is 1. The van der Waals surface area contributed by atoms with E-state index in [4.69, 9.17) is 5.11 Å². The third-order valence-corrected chi connectivity index (χ3v) is 6.21. The highest BCUT2D eigenvalue weighted by atomic mass is 32.2. The summed E-state index contributed by atoms with van der Waals surface area (Å²) in [5.41, 5.74) is 0. The predicted octanol–water partition coefficient (Wildman–Crippen LogP) is 2.02. The molecule has 2 rings (SSSR count). The lowest BCUT2D eigenvalue weighted by Gasteiger charge is -2.31. The van der Waals surface area contributed by atoms with Crippen LogP contribution in [0.5, 0.6) is 0 Å². The number of aliphatic hydroxyl groups excluding tert-OH is 1. The molecule has 8 heteroatoms. The molecule has 2 aliphatic heterocycles. The highest BCUT2D eigenvalue weighted by Crippen LogP contribution is 2.20. The Hall–Kier alpha value is -0.990. The van der Waals surface area contributed by atoms with E-state index in [9.17, 15) is 14.5 Å². The van der Waals surface area contributed by atoms with E-state index in [-0.39, 0.29) is 12.5 Å². The van der Waals surface area contributed by atoms with Crippen LogP contribution in [-0.4, -0.2) is 85.0 Å². The molecule has 2 aliphatic rings. The Morgan fingerprint density at radius 3 is 2.26 bits per heavy atom. The van der Waals surface area contributed by atoms with Crippen LogP contribution in [-0.2, 0) is 9.59 Å². The number of carbonyl (C=O) groups excluding carboxylic acids is 2. The number of nitrogens with zero attached hydrogens (tertiary/aromatic N) is 3. The first-order valence-electron chi connectivity index (χ1n) is 9.98. The summed E-state index contributed by atoms with van der Waals surface area (Å²) in [5.74, 6) is 2.26. The molecule has 0 bridgehead atoms. The lowest BCUT2D eigenvalue weighted by molar-refractivity contribution is -0.129. The minimum atomic E-state index is 0.134. The van der Waals surface area contributed by atoms with Gasteiger partial charge in [-0.3, -0.25) is 4.79 Å². The van der Waals surface area contributed by atoms with Gasteiger partial charge in [0.15, 0.2) is 0 Å². The van der Waals surface area contributed by atoms with E-state index in [1.54, 1.807) is 0 Å². The molecule has 156 valence electrons. The number of likely N-dealkylation sites (tertiary alicyclic amines) is 2. The van der Waals surface area contributed by atoms with Crippen molar-refractivity contribution in [2.45, 2.75) is 38.5 Å². The first-order valence-corrected chi connectivity index (χ1v) is 11.1. The smallest absolute Gasteiger partial charge is 0.232 e. The monoisotopic (exact) mass is 401 g/mol. The van der Waals surface area contributed by atoms with E-state index in [1.807, 2.05) is 4.90 Å². The van der Waals surface area contributed by atoms with Crippen molar-refractivity contribution in [3.63, 3.8) is 0 Å². The molecule has 27 heavy (non-hydrogen) atoms. The number of piperidine rings is 2. The second-order valence-electron chi connectivity index (χ2n) is 7.41. The van der Waals surface area contributed by atoms with Crippen LogP contribution in [0.1, 0.15) is 38.5 Å². The fraction of sp³-hybridized carbons (Fsp3) is 0.895. The van der Waals surface area contributed by atoms with Crippen molar-refractivity contribution in [2.75, 3.05) is 57.9 Å². The standard InChI is InChI=1S/C11H19NO3S.C8H16N2O/c13-6-3-10-1-4-12(5-2-10)11(15)9-16-8-7-14;1-10-6-3-8(4-7-10)2-5-9-11/h7,10,13H,1-6,8-9H2;8H,2-7H2,1H3. The van der Waals surface area contributed by atoms with Crippen molar-refractivity contribution < 1.29 is 14.7 Å². The minimum Gasteiger partial charge on any atom is -0.396 e. The van der Waals surface area contributed by atoms with Crippen molar-refractivity contribution in [2.24, 2.45) is 17.0 Å². The average Bonchev–Trinajstić information content (AvgIpc) is 2.69. The number of nitroso groups, excluding NO2 is 1. The summed E-state index contributed by atoms with van der Waals surface area (Å²) in [4.78, 5) is 35.8. The summed E-state index contributed by atoms with van der Waals surface area (Å²) >= 11 is 1.37. The van der Waals surface area contributed by atoms with Gasteiger partial charge >= 0.3 is 0 Å². The highest BCUT2D eigenvalue weighted by Gasteiger charge is 2.22. The molecule has 0 unspecified atom stereocenters. The second-order valence-corrected chi connectivity index (χ2v) is 8.44. The van der Waals surface area contributed by atoms with Crippen LogP contribution >= 0.6 is 11.8 Å². The molecule has 0 aromatic rings. The molecule has 2 fully saturated rings. The third kappa shape index (κ3) is 10.8. The number of amides is 1. The highest BCUT2D eigenvalue weighted by molar-refractivity contribution is 8.00. The topological polar surface area (TPSA) is 90.3 Å². The van der Waals surface area contributed by atoms with Crippen LogP contribution < -0.4 is 0 Å². The van der Waals surface area contributed by atoms with Crippen molar-refractivity contribution >= 4 is 24.0 Å². The molecule has 0 saturated carbocycles. The quantitative estimate of drug-likeness (QED) is 0.361.